The minimum Gasteiger partial charge on any atom is -0.398 e. The second-order valence-electron chi connectivity index (χ2n) is 9.42. The lowest BCUT2D eigenvalue weighted by atomic mass is 9.98. The molecule has 2 aliphatic rings. The highest BCUT2D eigenvalue weighted by molar-refractivity contribution is 6.03. The van der Waals surface area contributed by atoms with Crippen LogP contribution in [0.4, 0.5) is 15.9 Å². The van der Waals surface area contributed by atoms with Gasteiger partial charge in [-0.1, -0.05) is 0 Å². The van der Waals surface area contributed by atoms with E-state index in [2.05, 4.69) is 10.00 Å². The molecule has 2 saturated heterocycles. The van der Waals surface area contributed by atoms with Crippen LogP contribution in [-0.4, -0.2) is 52.2 Å². The summed E-state index contributed by atoms with van der Waals surface area (Å²) in [5.41, 5.74) is 10.6. The highest BCUT2D eigenvalue weighted by atomic mass is 19.1. The van der Waals surface area contributed by atoms with Crippen LogP contribution in [-0.2, 0) is 9.47 Å². The molecule has 2 atom stereocenters. The molecule has 9 heteroatoms. The van der Waals surface area contributed by atoms with Crippen molar-refractivity contribution >= 4 is 22.4 Å². The Morgan fingerprint density at radius 3 is 2.78 bits per heavy atom. The molecule has 3 aromatic heterocycles. The Labute approximate surface area is 208 Å². The van der Waals surface area contributed by atoms with Crippen LogP contribution in [0.3, 0.4) is 0 Å². The maximum Gasteiger partial charge on any atom is 0.150 e. The van der Waals surface area contributed by atoms with Crippen molar-refractivity contribution < 1.29 is 13.9 Å². The van der Waals surface area contributed by atoms with E-state index < -0.39 is 0 Å². The van der Waals surface area contributed by atoms with E-state index in [1.165, 1.54) is 12.1 Å². The number of nitrogens with zero attached hydrogens (tertiary/aromatic N) is 5. The molecule has 186 valence electrons. The summed E-state index contributed by atoms with van der Waals surface area (Å²) in [7, 11) is 0. The van der Waals surface area contributed by atoms with E-state index in [0.29, 0.717) is 48.8 Å². The average Bonchev–Trinajstić information content (AvgIpc) is 3.39. The van der Waals surface area contributed by atoms with Gasteiger partial charge in [-0.3, -0.25) is 4.98 Å². The Hall–Kier alpha value is -3.56. The van der Waals surface area contributed by atoms with Crippen molar-refractivity contribution in [2.24, 2.45) is 0 Å². The van der Waals surface area contributed by atoms with Gasteiger partial charge < -0.3 is 20.1 Å². The molecule has 1 aromatic carbocycles. The number of halogens is 1. The molecule has 2 unspecified atom stereocenters. The number of aromatic nitrogens is 4. The molecule has 5 heterocycles. The number of hydrogen-bond donors (Lipinski definition) is 1. The van der Waals surface area contributed by atoms with Gasteiger partial charge in [0.25, 0.3) is 0 Å². The first-order chi connectivity index (χ1) is 17.6. The number of hydrogen-bond acceptors (Lipinski definition) is 7. The van der Waals surface area contributed by atoms with Gasteiger partial charge in [-0.05, 0) is 68.1 Å². The lowest BCUT2D eigenvalue weighted by Crippen LogP contribution is -2.41. The zero-order valence-electron chi connectivity index (χ0n) is 20.2. The summed E-state index contributed by atoms with van der Waals surface area (Å²) in [6.07, 6.45) is 6.52. The van der Waals surface area contributed by atoms with Crippen LogP contribution in [0.15, 0.2) is 48.8 Å². The number of morpholine rings is 1. The second-order valence-corrected chi connectivity index (χ2v) is 9.42. The third-order valence-electron chi connectivity index (χ3n) is 6.93. The van der Waals surface area contributed by atoms with Gasteiger partial charge in [-0.15, -0.1) is 0 Å². The molecule has 4 aromatic rings. The summed E-state index contributed by atoms with van der Waals surface area (Å²) in [5, 5.41) is 5.43. The smallest absolute Gasteiger partial charge is 0.150 e. The maximum absolute atomic E-state index is 14.4. The summed E-state index contributed by atoms with van der Waals surface area (Å²) in [4.78, 5) is 12.1. The Morgan fingerprint density at radius 2 is 1.94 bits per heavy atom. The molecule has 36 heavy (non-hydrogen) atoms. The van der Waals surface area contributed by atoms with Crippen LogP contribution >= 0.6 is 0 Å². The summed E-state index contributed by atoms with van der Waals surface area (Å²) >= 11 is 0. The van der Waals surface area contributed by atoms with E-state index in [1.807, 2.05) is 29.8 Å². The molecule has 0 bridgehead atoms. The second kappa shape index (κ2) is 9.48. The number of nitrogen functional groups attached to an aromatic ring is 1. The van der Waals surface area contributed by atoms with E-state index >= 15 is 0 Å². The van der Waals surface area contributed by atoms with E-state index in [0.717, 1.165) is 41.7 Å². The number of pyridine rings is 2. The summed E-state index contributed by atoms with van der Waals surface area (Å²) in [5.74, 6) is 0.443. The van der Waals surface area contributed by atoms with Crippen molar-refractivity contribution in [3.8, 4) is 22.5 Å². The van der Waals surface area contributed by atoms with Crippen molar-refractivity contribution in [1.29, 1.82) is 0 Å². The minimum absolute atomic E-state index is 0.0807. The molecule has 0 aliphatic carbocycles. The lowest BCUT2D eigenvalue weighted by molar-refractivity contribution is -0.0383. The fourth-order valence-corrected chi connectivity index (χ4v) is 5.15. The van der Waals surface area contributed by atoms with Gasteiger partial charge in [0.2, 0.25) is 0 Å². The van der Waals surface area contributed by atoms with Crippen molar-refractivity contribution in [2.75, 3.05) is 36.9 Å². The van der Waals surface area contributed by atoms with Gasteiger partial charge in [0, 0.05) is 48.7 Å². The lowest BCUT2D eigenvalue weighted by Gasteiger charge is -2.32. The monoisotopic (exact) mass is 488 g/mol. The van der Waals surface area contributed by atoms with Crippen molar-refractivity contribution in [1.82, 2.24) is 19.7 Å². The Morgan fingerprint density at radius 1 is 1.03 bits per heavy atom. The average molecular weight is 489 g/mol. The molecular formula is C27H29FN6O2. The third kappa shape index (κ3) is 4.18. The molecular weight excluding hydrogens is 459 g/mol. The van der Waals surface area contributed by atoms with E-state index in [1.54, 1.807) is 18.5 Å². The molecule has 0 amide bonds. The fraction of sp³-hybridized carbons (Fsp3) is 0.370. The van der Waals surface area contributed by atoms with Gasteiger partial charge in [0.05, 0.1) is 18.4 Å². The third-order valence-corrected chi connectivity index (χ3v) is 6.93. The standard InChI is InChI=1S/C27H29FN6O2/c1-17-16-33(11-13-35-17)24-15-20(21-14-18(28)5-6-22(21)29)19-7-9-30-27(26(19)32-24)23-8-10-31-34(23)25-4-2-3-12-36-25/h5-10,14-15,17,25H,2-4,11-13,16,29H2,1H3. The Kier molecular flexibility index (Phi) is 6.02. The summed E-state index contributed by atoms with van der Waals surface area (Å²) in [6.45, 7) is 4.80. The molecule has 6 rings (SSSR count). The zero-order chi connectivity index (χ0) is 24.6. The van der Waals surface area contributed by atoms with Crippen LogP contribution in [0.1, 0.15) is 32.4 Å². The maximum atomic E-state index is 14.4. The van der Waals surface area contributed by atoms with E-state index in [-0.39, 0.29) is 18.1 Å². The van der Waals surface area contributed by atoms with E-state index in [9.17, 15) is 4.39 Å². The number of fused-ring (bicyclic) bond motifs is 1. The predicted molar refractivity (Wildman–Crippen MR) is 137 cm³/mol. The largest absolute Gasteiger partial charge is 0.398 e. The SMILES string of the molecule is CC1CN(c2cc(-c3cc(F)ccc3N)c3ccnc(-c4ccnn4C4CCCCO4)c3n2)CCO1. The number of ether oxygens (including phenoxy) is 2. The Bertz CT molecular complexity index is 1400. The fourth-order valence-electron chi connectivity index (χ4n) is 5.15. The molecule has 0 spiro atoms. The summed E-state index contributed by atoms with van der Waals surface area (Å²) in [6, 6.07) is 10.3. The van der Waals surface area contributed by atoms with Gasteiger partial charge in [-0.25, -0.2) is 14.1 Å². The summed E-state index contributed by atoms with van der Waals surface area (Å²) < 4.78 is 28.0. The van der Waals surface area contributed by atoms with Gasteiger partial charge in [0.1, 0.15) is 22.8 Å². The van der Waals surface area contributed by atoms with Crippen LogP contribution in [0.5, 0.6) is 0 Å². The molecule has 0 radical (unpaired) electrons. The van der Waals surface area contributed by atoms with Crippen LogP contribution < -0.4 is 10.6 Å². The number of benzene rings is 1. The van der Waals surface area contributed by atoms with Crippen molar-refractivity contribution in [2.45, 2.75) is 38.5 Å². The van der Waals surface area contributed by atoms with Crippen LogP contribution in [0.25, 0.3) is 33.4 Å². The highest BCUT2D eigenvalue weighted by Crippen LogP contribution is 2.38. The van der Waals surface area contributed by atoms with Crippen LogP contribution in [0, 0.1) is 5.82 Å². The molecule has 2 fully saturated rings. The predicted octanol–water partition coefficient (Wildman–Crippen LogP) is 4.81. The first-order valence-electron chi connectivity index (χ1n) is 12.5. The first-order valence-corrected chi connectivity index (χ1v) is 12.5. The normalized spacial score (nSPS) is 20.7. The van der Waals surface area contributed by atoms with Crippen molar-refractivity contribution in [3.05, 3.63) is 54.6 Å². The van der Waals surface area contributed by atoms with Crippen molar-refractivity contribution in [3.63, 3.8) is 0 Å². The quantitative estimate of drug-likeness (QED) is 0.412. The highest BCUT2D eigenvalue weighted by Gasteiger charge is 2.25. The number of rotatable bonds is 4. The Balaban J connectivity index is 1.57. The number of nitrogens with two attached hydrogens (primary N) is 1. The molecule has 8 nitrogen and oxygen atoms in total. The molecule has 2 N–H and O–H groups in total. The zero-order valence-corrected chi connectivity index (χ0v) is 20.2. The van der Waals surface area contributed by atoms with Gasteiger partial charge in [-0.2, -0.15) is 5.10 Å². The van der Waals surface area contributed by atoms with Gasteiger partial charge in [0.15, 0.2) is 6.23 Å². The minimum atomic E-state index is -0.340. The number of anilines is 2. The van der Waals surface area contributed by atoms with Gasteiger partial charge >= 0.3 is 0 Å². The molecule has 2 aliphatic heterocycles. The van der Waals surface area contributed by atoms with Crippen LogP contribution in [0.2, 0.25) is 0 Å². The topological polar surface area (TPSA) is 91.3 Å². The van der Waals surface area contributed by atoms with E-state index in [4.69, 9.17) is 25.2 Å². The molecule has 0 saturated carbocycles. The first kappa shape index (κ1) is 22.9.